The summed E-state index contributed by atoms with van der Waals surface area (Å²) in [5.41, 5.74) is 7.32. The van der Waals surface area contributed by atoms with Gasteiger partial charge in [-0.05, 0) is 53.8 Å². The number of aromatic amines is 1. The Morgan fingerprint density at radius 1 is 0.700 bits per heavy atom. The molecule has 2 heterocycles. The van der Waals surface area contributed by atoms with Crippen LogP contribution in [0.15, 0.2) is 102 Å². The molecule has 2 aromatic heterocycles. The molecule has 0 bridgehead atoms. The minimum absolute atomic E-state index is 1.17. The third-order valence-electron chi connectivity index (χ3n) is 5.87. The monoisotopic (exact) mass is 404 g/mol. The van der Waals surface area contributed by atoms with Crippen molar-refractivity contribution >= 4 is 44.5 Å². The zero-order valence-electron chi connectivity index (χ0n) is 16.6. The quantitative estimate of drug-likeness (QED) is 0.300. The number of nitrogens with zero attached hydrogens (tertiary/aromatic N) is 1. The molecule has 0 radical (unpaired) electrons. The van der Waals surface area contributed by atoms with Crippen LogP contribution in [-0.2, 0) is 0 Å². The second-order valence-corrected chi connectivity index (χ2v) is 8.35. The third kappa shape index (κ3) is 2.52. The van der Waals surface area contributed by atoms with Crippen LogP contribution in [0, 0.1) is 0 Å². The van der Waals surface area contributed by atoms with Gasteiger partial charge in [0, 0.05) is 44.0 Å². The van der Waals surface area contributed by atoms with Crippen LogP contribution in [0.2, 0.25) is 0 Å². The largest absolute Gasteiger partial charge is 0.354 e. The standard InChI is InChI=1S/C27H20N2S/c1-30-25-14-8-6-11-19(25)22-17-24-26(21-12-5-7-13-23(21)28-24)27-20(22)15-16-29(27)18-9-3-2-4-10-18/h2-17,28H,1H3. The van der Waals surface area contributed by atoms with Gasteiger partial charge in [0.05, 0.1) is 5.52 Å². The maximum atomic E-state index is 3.67. The topological polar surface area (TPSA) is 20.7 Å². The summed E-state index contributed by atoms with van der Waals surface area (Å²) in [4.78, 5) is 4.96. The van der Waals surface area contributed by atoms with E-state index in [4.69, 9.17) is 0 Å². The van der Waals surface area contributed by atoms with Crippen LogP contribution in [0.1, 0.15) is 0 Å². The van der Waals surface area contributed by atoms with Crippen LogP contribution in [0.25, 0.3) is 49.5 Å². The van der Waals surface area contributed by atoms with Gasteiger partial charge >= 0.3 is 0 Å². The lowest BCUT2D eigenvalue weighted by Crippen LogP contribution is -1.92. The van der Waals surface area contributed by atoms with E-state index in [1.54, 1.807) is 11.8 Å². The summed E-state index contributed by atoms with van der Waals surface area (Å²) >= 11 is 1.80. The number of thioether (sulfide) groups is 1. The molecule has 0 saturated heterocycles. The van der Waals surface area contributed by atoms with E-state index in [0.29, 0.717) is 0 Å². The highest BCUT2D eigenvalue weighted by molar-refractivity contribution is 7.98. The van der Waals surface area contributed by atoms with E-state index < -0.39 is 0 Å². The number of hydrogen-bond donors (Lipinski definition) is 1. The van der Waals surface area contributed by atoms with Gasteiger partial charge in [-0.25, -0.2) is 0 Å². The van der Waals surface area contributed by atoms with E-state index in [9.17, 15) is 0 Å². The number of hydrogen-bond acceptors (Lipinski definition) is 1. The number of H-pyrrole nitrogens is 1. The summed E-state index contributed by atoms with van der Waals surface area (Å²) < 4.78 is 2.32. The number of benzene rings is 4. The fourth-order valence-electron chi connectivity index (χ4n) is 4.55. The fourth-order valence-corrected chi connectivity index (χ4v) is 5.16. The minimum atomic E-state index is 1.17. The molecule has 0 aliphatic rings. The molecule has 0 aliphatic carbocycles. The van der Waals surface area contributed by atoms with Crippen LogP contribution >= 0.6 is 11.8 Å². The molecule has 6 rings (SSSR count). The van der Waals surface area contributed by atoms with E-state index in [1.165, 1.54) is 54.4 Å². The molecule has 30 heavy (non-hydrogen) atoms. The van der Waals surface area contributed by atoms with E-state index in [2.05, 4.69) is 113 Å². The number of rotatable bonds is 3. The molecule has 6 aromatic rings. The van der Waals surface area contributed by atoms with Crippen molar-refractivity contribution in [2.75, 3.05) is 6.26 Å². The van der Waals surface area contributed by atoms with Gasteiger partial charge in [0.2, 0.25) is 0 Å². The van der Waals surface area contributed by atoms with Crippen molar-refractivity contribution in [2.45, 2.75) is 4.90 Å². The van der Waals surface area contributed by atoms with Crippen molar-refractivity contribution in [1.82, 2.24) is 9.55 Å². The van der Waals surface area contributed by atoms with E-state index in [0.717, 1.165) is 0 Å². The zero-order chi connectivity index (χ0) is 20.1. The van der Waals surface area contributed by atoms with Gasteiger partial charge in [-0.15, -0.1) is 11.8 Å². The van der Waals surface area contributed by atoms with Crippen LogP contribution in [0.3, 0.4) is 0 Å². The first-order chi connectivity index (χ1) is 14.8. The van der Waals surface area contributed by atoms with E-state index >= 15 is 0 Å². The average Bonchev–Trinajstić information content (AvgIpc) is 3.40. The highest BCUT2D eigenvalue weighted by Crippen LogP contribution is 2.42. The molecule has 0 unspecified atom stereocenters. The van der Waals surface area contributed by atoms with Gasteiger partial charge in [0.15, 0.2) is 0 Å². The Balaban J connectivity index is 1.81. The Morgan fingerprint density at radius 2 is 1.47 bits per heavy atom. The van der Waals surface area contributed by atoms with Crippen molar-refractivity contribution in [1.29, 1.82) is 0 Å². The molecule has 0 fully saturated rings. The Kier molecular flexibility index (Phi) is 3.96. The normalized spacial score (nSPS) is 11.6. The number of fused-ring (bicyclic) bond motifs is 5. The smallest absolute Gasteiger partial charge is 0.0634 e. The van der Waals surface area contributed by atoms with Gasteiger partial charge in [-0.1, -0.05) is 54.6 Å². The van der Waals surface area contributed by atoms with Crippen molar-refractivity contribution in [3.63, 3.8) is 0 Å². The van der Waals surface area contributed by atoms with E-state index in [-0.39, 0.29) is 0 Å². The molecule has 3 heteroatoms. The Bertz CT molecular complexity index is 1520. The van der Waals surface area contributed by atoms with Gasteiger partial charge in [-0.3, -0.25) is 0 Å². The van der Waals surface area contributed by atoms with Crippen molar-refractivity contribution in [3.05, 3.63) is 97.2 Å². The predicted octanol–water partition coefficient (Wildman–Crippen LogP) is 7.65. The first kappa shape index (κ1) is 17.4. The summed E-state index contributed by atoms with van der Waals surface area (Å²) in [6, 6.07) is 32.4. The lowest BCUT2D eigenvalue weighted by molar-refractivity contribution is 1.13. The highest BCUT2D eigenvalue weighted by Gasteiger charge is 2.18. The molecule has 4 aromatic carbocycles. The maximum Gasteiger partial charge on any atom is 0.0634 e. The van der Waals surface area contributed by atoms with Crippen LogP contribution in [0.5, 0.6) is 0 Å². The van der Waals surface area contributed by atoms with Gasteiger partial charge in [-0.2, -0.15) is 0 Å². The molecule has 0 atom stereocenters. The third-order valence-corrected chi connectivity index (χ3v) is 6.66. The molecule has 1 N–H and O–H groups in total. The van der Waals surface area contributed by atoms with Crippen molar-refractivity contribution in [2.24, 2.45) is 0 Å². The molecule has 0 spiro atoms. The van der Waals surface area contributed by atoms with Crippen molar-refractivity contribution in [3.8, 4) is 16.8 Å². The second kappa shape index (κ2) is 6.82. The second-order valence-electron chi connectivity index (χ2n) is 7.50. The average molecular weight is 405 g/mol. The Labute approximate surface area is 179 Å². The summed E-state index contributed by atoms with van der Waals surface area (Å²) in [6.45, 7) is 0. The van der Waals surface area contributed by atoms with Crippen LogP contribution in [-0.4, -0.2) is 15.8 Å². The fraction of sp³-hybridized carbons (Fsp3) is 0.0370. The van der Waals surface area contributed by atoms with Crippen molar-refractivity contribution < 1.29 is 0 Å². The number of para-hydroxylation sites is 2. The molecule has 0 aliphatic heterocycles. The number of nitrogens with one attached hydrogen (secondary N) is 1. The first-order valence-electron chi connectivity index (χ1n) is 10.1. The molecular weight excluding hydrogens is 384 g/mol. The number of aromatic nitrogens is 2. The summed E-state index contributed by atoms with van der Waals surface area (Å²) in [7, 11) is 0. The SMILES string of the molecule is CSc1ccccc1-c1cc2[nH]c3ccccc3c2c2c1ccn2-c1ccccc1. The summed E-state index contributed by atoms with van der Waals surface area (Å²) in [5.74, 6) is 0. The van der Waals surface area contributed by atoms with E-state index in [1.807, 2.05) is 0 Å². The molecule has 2 nitrogen and oxygen atoms in total. The van der Waals surface area contributed by atoms with Crippen LogP contribution in [0.4, 0.5) is 0 Å². The lowest BCUT2D eigenvalue weighted by Gasteiger charge is -2.12. The molecule has 144 valence electrons. The first-order valence-corrected chi connectivity index (χ1v) is 11.3. The predicted molar refractivity (Wildman–Crippen MR) is 130 cm³/mol. The lowest BCUT2D eigenvalue weighted by atomic mass is 9.98. The van der Waals surface area contributed by atoms with Gasteiger partial charge in [0.25, 0.3) is 0 Å². The zero-order valence-corrected chi connectivity index (χ0v) is 17.4. The van der Waals surface area contributed by atoms with Gasteiger partial charge in [0.1, 0.15) is 0 Å². The summed E-state index contributed by atoms with van der Waals surface area (Å²) in [6.07, 6.45) is 4.35. The van der Waals surface area contributed by atoms with Crippen LogP contribution < -0.4 is 0 Å². The molecule has 0 amide bonds. The highest BCUT2D eigenvalue weighted by atomic mass is 32.2. The Hall–Kier alpha value is -3.43. The molecule has 0 saturated carbocycles. The summed E-state index contributed by atoms with van der Waals surface area (Å²) in [5, 5.41) is 3.82. The molecular formula is C27H20N2S. The Morgan fingerprint density at radius 3 is 2.33 bits per heavy atom. The van der Waals surface area contributed by atoms with Gasteiger partial charge < -0.3 is 9.55 Å². The maximum absolute atomic E-state index is 3.67. The minimum Gasteiger partial charge on any atom is -0.354 e.